The maximum Gasteiger partial charge on any atom is 0.274 e. The van der Waals surface area contributed by atoms with Crippen molar-refractivity contribution in [1.82, 2.24) is 19.3 Å². The number of aromatic nitrogens is 4. The first-order valence-corrected chi connectivity index (χ1v) is 12.5. The van der Waals surface area contributed by atoms with Gasteiger partial charge >= 0.3 is 0 Å². The van der Waals surface area contributed by atoms with Gasteiger partial charge < -0.3 is 25.5 Å². The number of imidazole rings is 1. The number of fused-ring (bicyclic) bond motifs is 1. The molecule has 3 heterocycles. The lowest BCUT2D eigenvalue weighted by molar-refractivity contribution is -0.0410. The lowest BCUT2D eigenvalue weighted by Crippen LogP contribution is -2.36. The fraction of sp³-hybridized carbons (Fsp3) is 0.480. The molecule has 2 atom stereocenters. The van der Waals surface area contributed by atoms with Crippen LogP contribution in [-0.2, 0) is 17.4 Å². The number of hydrogen-bond acceptors (Lipinski definition) is 6. The lowest BCUT2D eigenvalue weighted by atomic mass is 9.89. The molecule has 1 aliphatic heterocycles. The minimum absolute atomic E-state index is 0.0536. The molecular weight excluding hydrogens is 487 g/mol. The fourth-order valence-corrected chi connectivity index (χ4v) is 6.47. The number of ether oxygens (including phenoxy) is 1. The van der Waals surface area contributed by atoms with Gasteiger partial charge in [-0.2, -0.15) is 5.10 Å². The zero-order valence-electron chi connectivity index (χ0n) is 19.8. The number of halogens is 2. The van der Waals surface area contributed by atoms with Crippen LogP contribution in [0.2, 0.25) is 5.02 Å². The molecule has 36 heavy (non-hydrogen) atoms. The summed E-state index contributed by atoms with van der Waals surface area (Å²) in [4.78, 5) is 17.7. The number of aliphatic hydroxyl groups is 1. The normalized spacial score (nSPS) is 27.7. The number of nitrogens with two attached hydrogens (primary N) is 1. The predicted molar refractivity (Wildman–Crippen MR) is 131 cm³/mol. The Labute approximate surface area is 212 Å². The van der Waals surface area contributed by atoms with E-state index in [9.17, 15) is 14.3 Å². The van der Waals surface area contributed by atoms with Gasteiger partial charge in [0.15, 0.2) is 0 Å². The fourth-order valence-electron chi connectivity index (χ4n) is 6.29. The van der Waals surface area contributed by atoms with Crippen molar-refractivity contribution in [3.8, 4) is 0 Å². The van der Waals surface area contributed by atoms with Crippen LogP contribution in [-0.4, -0.2) is 43.6 Å². The van der Waals surface area contributed by atoms with E-state index >= 15 is 0 Å². The minimum Gasteiger partial charge on any atom is -0.384 e. The van der Waals surface area contributed by atoms with E-state index in [1.54, 1.807) is 24.0 Å². The van der Waals surface area contributed by atoms with Crippen LogP contribution in [0.5, 0.6) is 0 Å². The molecule has 4 N–H and O–H groups in total. The van der Waals surface area contributed by atoms with Gasteiger partial charge in [-0.05, 0) is 55.7 Å². The first-order valence-electron chi connectivity index (χ1n) is 12.1. The highest BCUT2D eigenvalue weighted by atomic mass is 35.5. The van der Waals surface area contributed by atoms with Crippen LogP contribution in [0, 0.1) is 17.7 Å². The molecule has 1 amide bonds. The van der Waals surface area contributed by atoms with Crippen LogP contribution < -0.4 is 11.1 Å². The SMILES string of the molecule is Cn1cnc(C2CC3CC(O)(c4cc(N)nn4C4COC4)CC3C2)c1C(=O)Nc1ccc(F)c(Cl)c1. The molecule has 2 saturated carbocycles. The molecule has 0 spiro atoms. The Hall–Kier alpha value is -2.95. The first kappa shape index (κ1) is 23.4. The van der Waals surface area contributed by atoms with E-state index in [1.807, 2.05) is 4.68 Å². The highest BCUT2D eigenvalue weighted by molar-refractivity contribution is 6.31. The van der Waals surface area contributed by atoms with Crippen LogP contribution in [0.15, 0.2) is 30.6 Å². The van der Waals surface area contributed by atoms with Crippen molar-refractivity contribution >= 4 is 29.0 Å². The van der Waals surface area contributed by atoms with Crippen molar-refractivity contribution < 1.29 is 19.0 Å². The number of nitrogens with zero attached hydrogens (tertiary/aromatic N) is 4. The van der Waals surface area contributed by atoms with Gasteiger partial charge in [0.05, 0.1) is 42.0 Å². The molecule has 0 bridgehead atoms. The summed E-state index contributed by atoms with van der Waals surface area (Å²) in [6, 6.07) is 5.99. The summed E-state index contributed by atoms with van der Waals surface area (Å²) < 4.78 is 22.4. The van der Waals surface area contributed by atoms with E-state index in [1.165, 1.54) is 18.2 Å². The van der Waals surface area contributed by atoms with E-state index in [2.05, 4.69) is 15.4 Å². The van der Waals surface area contributed by atoms with Crippen LogP contribution in [0.1, 0.15) is 59.5 Å². The monoisotopic (exact) mass is 514 g/mol. The summed E-state index contributed by atoms with van der Waals surface area (Å²) >= 11 is 5.87. The third-order valence-electron chi connectivity index (χ3n) is 7.98. The smallest absolute Gasteiger partial charge is 0.274 e. The van der Waals surface area contributed by atoms with Crippen molar-refractivity contribution in [2.24, 2.45) is 18.9 Å². The number of carbonyl (C=O) groups is 1. The number of amides is 1. The van der Waals surface area contributed by atoms with Crippen molar-refractivity contribution in [3.05, 3.63) is 58.5 Å². The average Bonchev–Trinajstić information content (AvgIpc) is 3.51. The van der Waals surface area contributed by atoms with E-state index in [0.717, 1.165) is 24.2 Å². The Bertz CT molecular complexity index is 1320. The van der Waals surface area contributed by atoms with Crippen LogP contribution >= 0.6 is 11.6 Å². The van der Waals surface area contributed by atoms with Crippen molar-refractivity contribution in [2.45, 2.75) is 43.2 Å². The maximum absolute atomic E-state index is 13.5. The summed E-state index contributed by atoms with van der Waals surface area (Å²) in [6.45, 7) is 1.15. The summed E-state index contributed by atoms with van der Waals surface area (Å²) in [5.74, 6) is 0.265. The zero-order valence-corrected chi connectivity index (χ0v) is 20.6. The highest BCUT2D eigenvalue weighted by Crippen LogP contribution is 2.57. The number of rotatable bonds is 5. The molecule has 3 aliphatic rings. The minimum atomic E-state index is -0.979. The number of benzene rings is 1. The number of nitrogen functional groups attached to an aromatic ring is 1. The average molecular weight is 515 g/mol. The Morgan fingerprint density at radius 3 is 2.64 bits per heavy atom. The zero-order chi connectivity index (χ0) is 25.2. The molecule has 190 valence electrons. The summed E-state index contributed by atoms with van der Waals surface area (Å²) in [6.07, 6.45) is 4.56. The molecule has 3 aromatic rings. The summed E-state index contributed by atoms with van der Waals surface area (Å²) in [5.41, 5.74) is 7.44. The van der Waals surface area contributed by atoms with Gasteiger partial charge in [0, 0.05) is 24.7 Å². The van der Waals surface area contributed by atoms with Crippen LogP contribution in [0.25, 0.3) is 0 Å². The van der Waals surface area contributed by atoms with E-state index in [-0.39, 0.29) is 22.9 Å². The molecule has 2 aromatic heterocycles. The van der Waals surface area contributed by atoms with Crippen molar-refractivity contribution in [3.63, 3.8) is 0 Å². The van der Waals surface area contributed by atoms with Gasteiger partial charge in [0.2, 0.25) is 0 Å². The number of aryl methyl sites for hydroxylation is 1. The van der Waals surface area contributed by atoms with Crippen molar-refractivity contribution in [2.75, 3.05) is 24.3 Å². The third-order valence-corrected chi connectivity index (χ3v) is 8.27. The quantitative estimate of drug-likeness (QED) is 0.478. The number of carbonyl (C=O) groups excluding carboxylic acids is 1. The van der Waals surface area contributed by atoms with E-state index < -0.39 is 11.4 Å². The molecule has 9 nitrogen and oxygen atoms in total. The van der Waals surface area contributed by atoms with Gasteiger partial charge in [0.1, 0.15) is 22.9 Å². The predicted octanol–water partition coefficient (Wildman–Crippen LogP) is 3.61. The first-order chi connectivity index (χ1) is 17.2. The molecule has 11 heteroatoms. The topological polar surface area (TPSA) is 120 Å². The van der Waals surface area contributed by atoms with Gasteiger partial charge in [0.25, 0.3) is 5.91 Å². The van der Waals surface area contributed by atoms with Crippen LogP contribution in [0.4, 0.5) is 15.9 Å². The second-order valence-electron chi connectivity index (χ2n) is 10.4. The number of anilines is 2. The van der Waals surface area contributed by atoms with Gasteiger partial charge in [-0.15, -0.1) is 0 Å². The Morgan fingerprint density at radius 2 is 2.00 bits per heavy atom. The third kappa shape index (κ3) is 3.88. The molecule has 0 radical (unpaired) electrons. The molecule has 1 aromatic carbocycles. The summed E-state index contributed by atoms with van der Waals surface area (Å²) in [7, 11) is 1.79. The molecule has 6 rings (SSSR count). The van der Waals surface area contributed by atoms with Gasteiger partial charge in [-0.1, -0.05) is 11.6 Å². The summed E-state index contributed by atoms with van der Waals surface area (Å²) in [5, 5.41) is 18.8. The standard InChI is InChI=1S/C25H28ClFN6O3/c1-32-12-29-22(23(32)24(34)30-16-2-3-19(27)18(26)6-16)13-4-14-8-25(35,9-15(14)5-13)20-7-21(28)31-33(20)17-10-36-11-17/h2-3,6-7,12-15,17,35H,4-5,8-11H2,1H3,(H2,28,31)(H,30,34). The maximum atomic E-state index is 13.5. The Balaban J connectivity index is 1.19. The largest absolute Gasteiger partial charge is 0.384 e. The van der Waals surface area contributed by atoms with Gasteiger partial charge in [-0.25, -0.2) is 9.37 Å². The van der Waals surface area contributed by atoms with E-state index in [4.69, 9.17) is 22.1 Å². The second kappa shape index (κ2) is 8.57. The lowest BCUT2D eigenvalue weighted by Gasteiger charge is -2.32. The van der Waals surface area contributed by atoms with E-state index in [0.29, 0.717) is 55.1 Å². The Morgan fingerprint density at radius 1 is 1.28 bits per heavy atom. The molecule has 3 fully saturated rings. The van der Waals surface area contributed by atoms with Crippen molar-refractivity contribution in [1.29, 1.82) is 0 Å². The molecular formula is C25H28ClFN6O3. The molecule has 1 saturated heterocycles. The number of nitrogens with one attached hydrogen (secondary N) is 1. The highest BCUT2D eigenvalue weighted by Gasteiger charge is 2.52. The Kier molecular flexibility index (Phi) is 5.58. The van der Waals surface area contributed by atoms with Crippen LogP contribution in [0.3, 0.4) is 0 Å². The molecule has 2 aliphatic carbocycles. The van der Waals surface area contributed by atoms with Gasteiger partial charge in [-0.3, -0.25) is 9.48 Å². The second-order valence-corrected chi connectivity index (χ2v) is 10.8. The number of hydrogen-bond donors (Lipinski definition) is 3. The molecule has 2 unspecified atom stereocenters.